The number of hydrogen-bond acceptors (Lipinski definition) is 12. The van der Waals surface area contributed by atoms with Crippen molar-refractivity contribution in [2.24, 2.45) is 0 Å². The van der Waals surface area contributed by atoms with Crippen molar-refractivity contribution in [3.63, 3.8) is 0 Å². The van der Waals surface area contributed by atoms with Crippen molar-refractivity contribution < 1.29 is 56.1 Å². The van der Waals surface area contributed by atoms with Crippen LogP contribution in [0.4, 0.5) is 30.2 Å². The molecule has 3 aliphatic heterocycles. The average molecular weight is 1680 g/mol. The molecule has 9 aromatic carbocycles. The minimum Gasteiger partial charge on any atom is -0.457 e. The molecule has 0 unspecified atom stereocenters. The maximum absolute atomic E-state index is 14.0. The molecule has 6 atom stereocenters. The summed E-state index contributed by atoms with van der Waals surface area (Å²) in [5, 5.41) is 10.2. The van der Waals surface area contributed by atoms with Crippen LogP contribution in [0.2, 0.25) is 0 Å². The van der Waals surface area contributed by atoms with Gasteiger partial charge in [-0.05, 0) is 201 Å². The first-order chi connectivity index (χ1) is 53.7. The van der Waals surface area contributed by atoms with Gasteiger partial charge in [0.05, 0.1) is 0 Å². The lowest BCUT2D eigenvalue weighted by Gasteiger charge is -2.39. The van der Waals surface area contributed by atoms with Gasteiger partial charge >= 0.3 is 0 Å². The van der Waals surface area contributed by atoms with Crippen molar-refractivity contribution in [3.8, 4) is 34.5 Å². The van der Waals surface area contributed by atoms with E-state index in [-0.39, 0.29) is 90.7 Å². The van der Waals surface area contributed by atoms with Gasteiger partial charge in [0.25, 0.3) is 17.7 Å². The van der Waals surface area contributed by atoms with Gasteiger partial charge < -0.3 is 44.9 Å². The molecule has 0 bridgehead atoms. The lowest BCUT2D eigenvalue weighted by Crippen LogP contribution is -2.55. The van der Waals surface area contributed by atoms with Gasteiger partial charge in [-0.25, -0.2) is 13.2 Å². The van der Waals surface area contributed by atoms with Gasteiger partial charge in [-0.1, -0.05) is 112 Å². The Morgan fingerprint density at radius 3 is 0.816 bits per heavy atom. The van der Waals surface area contributed by atoms with Gasteiger partial charge in [0.15, 0.2) is 0 Å². The molecule has 6 amide bonds. The molecule has 3 aliphatic rings. The highest BCUT2D eigenvalue weighted by atomic mass is 35.5. The van der Waals surface area contributed by atoms with Crippen molar-refractivity contribution in [2.75, 3.05) is 91.2 Å². The summed E-state index contributed by atoms with van der Waals surface area (Å²) in [6, 6.07) is 58.8. The van der Waals surface area contributed by atoms with Crippen LogP contribution < -0.4 is 44.9 Å². The van der Waals surface area contributed by atoms with Gasteiger partial charge in [0.2, 0.25) is 17.7 Å². The van der Waals surface area contributed by atoms with E-state index in [4.69, 9.17) is 49.0 Å². The van der Waals surface area contributed by atoms with Crippen LogP contribution in [0.5, 0.6) is 34.5 Å². The first-order valence-corrected chi connectivity index (χ1v) is 38.8. The van der Waals surface area contributed by atoms with Crippen LogP contribution in [-0.4, -0.2) is 145 Å². The Bertz CT molecular complexity index is 4140. The van der Waals surface area contributed by atoms with Gasteiger partial charge in [0.1, 0.15) is 87.7 Å². The van der Waals surface area contributed by atoms with E-state index >= 15 is 0 Å². The molecule has 3 fully saturated rings. The summed E-state index contributed by atoms with van der Waals surface area (Å²) >= 11 is 18.2. The molecule has 606 valence electrons. The second-order valence-electron chi connectivity index (χ2n) is 27.2. The number of carbonyl (C=O) groups is 6. The molecule has 18 nitrogen and oxygen atoms in total. The molecule has 0 radical (unpaired) electrons. The fraction of sp³-hybridized carbons (Fsp3) is 0.310. The Kier molecular flexibility index (Phi) is 36.3. The highest BCUT2D eigenvalue weighted by molar-refractivity contribution is 6.31. The lowest BCUT2D eigenvalue weighted by atomic mass is 10.00. The number of alkyl halides is 3. The maximum Gasteiger partial charge on any atom is 0.250 e. The maximum atomic E-state index is 14.0. The number of benzene rings is 9. The molecule has 12 rings (SSSR count). The highest BCUT2D eigenvalue weighted by Crippen LogP contribution is 2.40. The van der Waals surface area contributed by atoms with Crippen LogP contribution in [0.25, 0.3) is 0 Å². The van der Waals surface area contributed by atoms with Crippen LogP contribution in [-0.2, 0) is 28.8 Å². The largest absolute Gasteiger partial charge is 0.457 e. The van der Waals surface area contributed by atoms with E-state index in [0.29, 0.717) is 127 Å². The lowest BCUT2D eigenvalue weighted by molar-refractivity contribution is -0.136. The second-order valence-corrected chi connectivity index (χ2v) is 28.0. The number of ether oxygens (including phenoxy) is 3. The Hall–Kier alpha value is -9.39. The van der Waals surface area contributed by atoms with Crippen molar-refractivity contribution >= 4 is 125 Å². The highest BCUT2D eigenvalue weighted by Gasteiger charge is 2.41. The number of hydrogen-bond donors (Lipinski definition) is 3. The summed E-state index contributed by atoms with van der Waals surface area (Å²) in [7, 11) is 0. The van der Waals surface area contributed by atoms with Crippen LogP contribution in [0.1, 0.15) is 91.5 Å². The quantitative estimate of drug-likeness (QED) is 0.0487. The predicted octanol–water partition coefficient (Wildman–Crippen LogP) is 17.6. The van der Waals surface area contributed by atoms with E-state index in [1.165, 1.54) is 51.1 Å². The molecular weight excluding hydrogens is 1580 g/mol. The molecular formula is C87H96Cl6F3N9O9. The summed E-state index contributed by atoms with van der Waals surface area (Å²) in [5.41, 5.74) is 5.36. The molecule has 3 N–H and O–H groups in total. The third kappa shape index (κ3) is 24.1. The zero-order chi connectivity index (χ0) is 79.1. The van der Waals surface area contributed by atoms with Crippen LogP contribution in [0, 0.1) is 38.2 Å². The number of halogens is 9. The summed E-state index contributed by atoms with van der Waals surface area (Å²) < 4.78 is 59.3. The minimum atomic E-state index is -0.998. The normalized spacial score (nSPS) is 15.8. The number of anilines is 3. The van der Waals surface area contributed by atoms with Crippen molar-refractivity contribution in [1.29, 1.82) is 0 Å². The van der Waals surface area contributed by atoms with E-state index in [1.807, 2.05) is 130 Å². The Balaban J connectivity index is 0.000000234. The fourth-order valence-electron chi connectivity index (χ4n) is 13.8. The topological polar surface area (TPSA) is 186 Å². The Morgan fingerprint density at radius 1 is 0.368 bits per heavy atom. The van der Waals surface area contributed by atoms with Gasteiger partial charge in [-0.15, -0.1) is 72.0 Å². The molecule has 0 saturated carbocycles. The molecule has 0 aromatic heterocycles. The average Bonchev–Trinajstić information content (AvgIpc) is 0.788. The number of nitrogens with zero attached hydrogens (tertiary/aromatic N) is 6. The van der Waals surface area contributed by atoms with Crippen molar-refractivity contribution in [1.82, 2.24) is 30.7 Å². The zero-order valence-electron chi connectivity index (χ0n) is 64.2. The SMILES string of the molecule is CC[C@@H]1CN(C(=O)[C@H](c2ccc(F)cc2)N(C(=O)CCl)c2ccc(Oc3ccccc3)cc2C)CCN1.CC[C@@H]1CN(C(=O)[C@H](c2ccc(F)cc2)N(C(=O)CCl)c2ccc(Oc3ccccc3)cc2C)CCN1.CC[C@H]1CN(C(=O)[C@H](c2ccc(F)cc2)N(C(=O)CCl)c2ccc(Oc3ccccc3)cc2C)CCN1.Cl.Cl.Cl. The molecule has 114 heavy (non-hydrogen) atoms. The molecule has 0 spiro atoms. The summed E-state index contributed by atoms with van der Waals surface area (Å²) in [4.78, 5) is 91.8. The number of rotatable bonds is 24. The van der Waals surface area contributed by atoms with Crippen LogP contribution >= 0.6 is 72.0 Å². The van der Waals surface area contributed by atoms with E-state index in [0.717, 1.165) is 36.0 Å². The summed E-state index contributed by atoms with van der Waals surface area (Å²) in [6.45, 7) is 16.9. The smallest absolute Gasteiger partial charge is 0.250 e. The number of amides is 6. The second kappa shape index (κ2) is 45.1. The number of piperazine rings is 3. The predicted molar refractivity (Wildman–Crippen MR) is 453 cm³/mol. The first-order valence-electron chi connectivity index (χ1n) is 37.2. The summed E-state index contributed by atoms with van der Waals surface area (Å²) in [6.07, 6.45) is 2.62. The third-order valence-corrected chi connectivity index (χ3v) is 20.3. The summed E-state index contributed by atoms with van der Waals surface area (Å²) in [5.74, 6) is -0.295. The minimum absolute atomic E-state index is 0. The van der Waals surface area contributed by atoms with Gasteiger partial charge in [-0.2, -0.15) is 0 Å². The molecule has 0 aliphatic carbocycles. The van der Waals surface area contributed by atoms with Crippen molar-refractivity contribution in [2.45, 2.75) is 97.1 Å². The first kappa shape index (κ1) is 91.8. The van der Waals surface area contributed by atoms with E-state index in [9.17, 15) is 41.9 Å². The van der Waals surface area contributed by atoms with E-state index in [2.05, 4.69) is 36.7 Å². The monoisotopic (exact) mass is 1680 g/mol. The Labute approximate surface area is 698 Å². The van der Waals surface area contributed by atoms with Crippen molar-refractivity contribution in [3.05, 3.63) is 269 Å². The number of aryl methyl sites for hydroxylation is 3. The van der Waals surface area contributed by atoms with Gasteiger partial charge in [-0.3, -0.25) is 43.5 Å². The van der Waals surface area contributed by atoms with Gasteiger partial charge in [0, 0.05) is 94.1 Å². The van der Waals surface area contributed by atoms with E-state index in [1.54, 1.807) is 87.5 Å². The fourth-order valence-corrected chi connectivity index (χ4v) is 14.1. The standard InChI is InChI=1S/3C29H31ClFN3O3.3ClH/c3*1-3-23-19-33(16-15-32-23)29(36)28(21-9-11-22(31)12-10-21)34(27(35)18-30)26-14-13-25(17-20(26)2)37-24-7-5-4-6-8-24;;;/h3*4-14,17,23,28,32H,3,15-16,18-19H2,1-2H3;3*1H/t2*23-,28+;23-,28-;;;/m110.../s1. The number of para-hydroxylation sites is 3. The molecule has 3 heterocycles. The third-order valence-electron chi connectivity index (χ3n) is 19.6. The number of nitrogens with one attached hydrogen (secondary N) is 3. The Morgan fingerprint density at radius 2 is 0.605 bits per heavy atom. The number of carbonyl (C=O) groups excluding carboxylic acids is 6. The molecule has 3 saturated heterocycles. The zero-order valence-corrected chi connectivity index (χ0v) is 68.9. The van der Waals surface area contributed by atoms with E-state index < -0.39 is 53.3 Å². The molecule has 9 aromatic rings. The molecule has 27 heteroatoms. The van der Waals surface area contributed by atoms with Crippen LogP contribution in [0.3, 0.4) is 0 Å². The van der Waals surface area contributed by atoms with Crippen LogP contribution in [0.15, 0.2) is 218 Å².